The van der Waals surface area contributed by atoms with Crippen LogP contribution < -0.4 is 16.0 Å². The molecule has 2 aromatic heterocycles. The summed E-state index contributed by atoms with van der Waals surface area (Å²) < 4.78 is 10.8. The van der Waals surface area contributed by atoms with Crippen molar-refractivity contribution in [3.63, 3.8) is 0 Å². The van der Waals surface area contributed by atoms with Gasteiger partial charge in [-0.05, 0) is 108 Å². The Hall–Kier alpha value is -7.66. The van der Waals surface area contributed by atoms with Gasteiger partial charge >= 0.3 is 12.2 Å². The van der Waals surface area contributed by atoms with Crippen molar-refractivity contribution in [2.24, 2.45) is 0 Å². The Bertz CT molecular complexity index is 2650. The lowest BCUT2D eigenvalue weighted by Crippen LogP contribution is -2.44. The third kappa shape index (κ3) is 14.4. The highest BCUT2D eigenvalue weighted by Gasteiger charge is 2.31. The van der Waals surface area contributed by atoms with Gasteiger partial charge in [-0.25, -0.2) is 19.6 Å². The third-order valence-electron chi connectivity index (χ3n) is 10.5. The lowest BCUT2D eigenvalue weighted by molar-refractivity contribution is -0.134. The fraction of sp³-hybridized carbons (Fsp3) is 0.321. The minimum atomic E-state index is -0.952. The van der Waals surface area contributed by atoms with Crippen molar-refractivity contribution in [1.82, 2.24) is 40.8 Å². The summed E-state index contributed by atoms with van der Waals surface area (Å²) in [5.41, 5.74) is 5.21. The van der Waals surface area contributed by atoms with E-state index in [9.17, 15) is 19.2 Å². The lowest BCUT2D eigenvalue weighted by Gasteiger charge is -2.29. The number of ether oxygens (including phenoxy) is 2. The van der Waals surface area contributed by atoms with Gasteiger partial charge in [0.05, 0.1) is 29.8 Å². The van der Waals surface area contributed by atoms with Crippen LogP contribution in [-0.4, -0.2) is 73.6 Å². The number of amides is 4. The zero-order valence-electron chi connectivity index (χ0n) is 39.4. The van der Waals surface area contributed by atoms with E-state index < -0.39 is 41.5 Å². The van der Waals surface area contributed by atoms with Crippen LogP contribution in [0.1, 0.15) is 113 Å². The van der Waals surface area contributed by atoms with E-state index in [0.29, 0.717) is 29.9 Å². The smallest absolute Gasteiger partial charge is 0.408 e. The first-order chi connectivity index (χ1) is 31.9. The molecule has 2 heterocycles. The molecule has 0 aliphatic rings. The van der Waals surface area contributed by atoms with Gasteiger partial charge in [0.15, 0.2) is 0 Å². The summed E-state index contributed by atoms with van der Waals surface area (Å²) >= 11 is 0. The van der Waals surface area contributed by atoms with Gasteiger partial charge in [-0.15, -0.1) is 0 Å². The number of likely N-dealkylation sites (N-methyl/N-ethyl adjacent to an activating group) is 1. The largest absolute Gasteiger partial charge is 0.444 e. The number of carbonyl (C=O) groups excluding carboxylic acids is 4. The molecule has 6 rings (SSSR count). The number of benzene rings is 4. The minimum absolute atomic E-state index is 0.304. The number of nitrogens with zero attached hydrogens (tertiary/aromatic N) is 3. The van der Waals surface area contributed by atoms with Crippen LogP contribution in [0.25, 0.3) is 22.5 Å². The first-order valence-corrected chi connectivity index (χ1v) is 22.4. The molecule has 0 aliphatic carbocycles. The number of hydrogen-bond acceptors (Lipinski definition) is 8. The fourth-order valence-corrected chi connectivity index (χ4v) is 6.98. The molecule has 4 amide bonds. The van der Waals surface area contributed by atoms with E-state index in [1.807, 2.05) is 98.0 Å². The van der Waals surface area contributed by atoms with E-state index in [1.165, 1.54) is 0 Å². The Morgan fingerprint density at radius 1 is 0.642 bits per heavy atom. The van der Waals surface area contributed by atoms with Crippen molar-refractivity contribution in [3.8, 4) is 34.4 Å². The first-order valence-electron chi connectivity index (χ1n) is 22.4. The number of aromatic nitrogens is 4. The first kappa shape index (κ1) is 48.8. The second kappa shape index (κ2) is 22.0. The van der Waals surface area contributed by atoms with Gasteiger partial charge in [-0.3, -0.25) is 9.59 Å². The zero-order chi connectivity index (χ0) is 48.1. The van der Waals surface area contributed by atoms with Crippen LogP contribution in [0.2, 0.25) is 0 Å². The number of hydrogen-bond donors (Lipinski definition) is 5. The molecule has 0 aliphatic heterocycles. The highest BCUT2D eigenvalue weighted by Crippen LogP contribution is 2.26. The van der Waals surface area contributed by atoms with E-state index in [-0.39, 0.29) is 11.8 Å². The number of nitrogens with one attached hydrogen (secondary N) is 5. The summed E-state index contributed by atoms with van der Waals surface area (Å²) in [5, 5.41) is 8.40. The average molecular weight is 905 g/mol. The molecule has 5 N–H and O–H groups in total. The van der Waals surface area contributed by atoms with Crippen LogP contribution in [0.4, 0.5) is 9.59 Å². The van der Waals surface area contributed by atoms with Crippen LogP contribution in [0.5, 0.6) is 0 Å². The maximum atomic E-state index is 13.8. The van der Waals surface area contributed by atoms with Crippen LogP contribution in [-0.2, 0) is 25.5 Å². The van der Waals surface area contributed by atoms with Crippen molar-refractivity contribution in [2.45, 2.75) is 97.1 Å². The fourth-order valence-electron chi connectivity index (χ4n) is 6.98. The number of H-pyrrole nitrogens is 2. The van der Waals surface area contributed by atoms with E-state index in [1.54, 1.807) is 84.0 Å². The molecule has 0 spiro atoms. The van der Waals surface area contributed by atoms with E-state index >= 15 is 0 Å². The molecule has 0 fully saturated rings. The number of rotatable bonds is 15. The molecular formula is C53H60N8O6. The molecule has 0 saturated heterocycles. The summed E-state index contributed by atoms with van der Waals surface area (Å²) in [5.74, 6) is 7.32. The molecule has 348 valence electrons. The molecule has 0 saturated carbocycles. The molecule has 3 atom stereocenters. The van der Waals surface area contributed by atoms with Crippen molar-refractivity contribution >= 4 is 24.0 Å². The number of imidazole rings is 2. The van der Waals surface area contributed by atoms with Crippen molar-refractivity contribution < 1.29 is 28.7 Å². The van der Waals surface area contributed by atoms with Crippen LogP contribution in [0, 0.1) is 11.8 Å². The Morgan fingerprint density at radius 3 is 1.64 bits per heavy atom. The van der Waals surface area contributed by atoms with Crippen molar-refractivity contribution in [2.75, 3.05) is 13.6 Å². The van der Waals surface area contributed by atoms with Crippen molar-refractivity contribution in [1.29, 1.82) is 0 Å². The maximum absolute atomic E-state index is 13.8. The van der Waals surface area contributed by atoms with Gasteiger partial charge in [0.25, 0.3) is 0 Å². The summed E-state index contributed by atoms with van der Waals surface area (Å²) in [7, 11) is 1.69. The van der Waals surface area contributed by atoms with Gasteiger partial charge in [0.1, 0.15) is 34.9 Å². The molecule has 6 aromatic rings. The minimum Gasteiger partial charge on any atom is -0.444 e. The number of aromatic amines is 2. The maximum Gasteiger partial charge on any atom is 0.408 e. The van der Waals surface area contributed by atoms with Crippen molar-refractivity contribution in [3.05, 3.63) is 155 Å². The van der Waals surface area contributed by atoms with Gasteiger partial charge < -0.3 is 40.3 Å². The van der Waals surface area contributed by atoms with E-state index in [4.69, 9.17) is 9.47 Å². The predicted octanol–water partition coefficient (Wildman–Crippen LogP) is 9.36. The van der Waals surface area contributed by atoms with Crippen LogP contribution >= 0.6 is 0 Å². The number of unbranched alkanes of at least 4 members (excludes halogenated alkanes) is 1. The SMILES string of the molecule is CC(c1ncc(-c2ccc(C#Cc3ccc(-c4cnc(CCCCNC(=O)C(NC(=O)OC(C)(C)C)c5ccccc5)[nH]4)cc3)cc2)[nH]1)N(C)C(=O)C(NC(=O)OC(C)(C)C)c1ccccc1. The van der Waals surface area contributed by atoms with Gasteiger partial charge in [0.2, 0.25) is 11.8 Å². The Labute approximate surface area is 392 Å². The van der Waals surface area contributed by atoms with Gasteiger partial charge in [-0.1, -0.05) is 96.8 Å². The monoisotopic (exact) mass is 904 g/mol. The summed E-state index contributed by atoms with van der Waals surface area (Å²) in [6, 6.07) is 31.7. The second-order valence-electron chi connectivity index (χ2n) is 18.2. The lowest BCUT2D eigenvalue weighted by atomic mass is 10.0. The summed E-state index contributed by atoms with van der Waals surface area (Å²) in [6.07, 6.45) is 4.46. The predicted molar refractivity (Wildman–Crippen MR) is 258 cm³/mol. The number of carbonyl (C=O) groups is 4. The molecule has 14 heteroatoms. The normalized spacial score (nSPS) is 12.7. The topological polar surface area (TPSA) is 183 Å². The van der Waals surface area contributed by atoms with Gasteiger partial charge in [0, 0.05) is 31.1 Å². The zero-order valence-corrected chi connectivity index (χ0v) is 39.4. The number of alkyl carbamates (subject to hydrolysis) is 2. The Balaban J connectivity index is 0.979. The van der Waals surface area contributed by atoms with E-state index in [2.05, 4.69) is 47.7 Å². The Kier molecular flexibility index (Phi) is 16.0. The molecular weight excluding hydrogens is 845 g/mol. The average Bonchev–Trinajstić information content (AvgIpc) is 3.99. The molecule has 4 aromatic carbocycles. The summed E-state index contributed by atoms with van der Waals surface area (Å²) in [6.45, 7) is 13.0. The molecule has 14 nitrogen and oxygen atoms in total. The quantitative estimate of drug-likeness (QED) is 0.0499. The summed E-state index contributed by atoms with van der Waals surface area (Å²) in [4.78, 5) is 69.7. The third-order valence-corrected chi connectivity index (χ3v) is 10.5. The number of aryl methyl sites for hydroxylation is 1. The molecule has 67 heavy (non-hydrogen) atoms. The standard InChI is InChI=1S/C53H60N8O6/c1-35(61(8)49(63)46(41-19-13-10-14-20-41)60-51(65)67-53(5,6)7)47-56-34-43(58-47)39-30-26-37(27-31-39)23-22-36-24-28-38(29-25-36)42-33-55-44(57-42)21-15-16-32-54-48(62)45(40-17-11-9-12-18-40)59-50(64)66-52(2,3)4/h9-14,17-20,24-31,33-35,45-46H,15-16,21,32H2,1-8H3,(H,54,62)(H,55,57)(H,56,58)(H,59,64)(H,60,65). The Morgan fingerprint density at radius 2 is 1.12 bits per heavy atom. The van der Waals surface area contributed by atoms with Crippen LogP contribution in [0.3, 0.4) is 0 Å². The van der Waals surface area contributed by atoms with Gasteiger partial charge in [-0.2, -0.15) is 0 Å². The van der Waals surface area contributed by atoms with E-state index in [0.717, 1.165) is 52.3 Å². The highest BCUT2D eigenvalue weighted by atomic mass is 16.6. The molecule has 0 radical (unpaired) electrons. The highest BCUT2D eigenvalue weighted by molar-refractivity contribution is 5.88. The molecule has 0 bridgehead atoms. The van der Waals surface area contributed by atoms with Crippen LogP contribution in [0.15, 0.2) is 122 Å². The molecule has 3 unspecified atom stereocenters. The second-order valence-corrected chi connectivity index (χ2v) is 18.2.